The SMILES string of the molecule is COc1ccc(-c2cccc(CNC(C)c3cccc4ccccc34)c2)cc1. The molecular weight excluding hydrogens is 342 g/mol. The topological polar surface area (TPSA) is 21.3 Å². The van der Waals surface area contributed by atoms with Gasteiger partial charge in [0.15, 0.2) is 0 Å². The summed E-state index contributed by atoms with van der Waals surface area (Å²) in [4.78, 5) is 0. The molecule has 4 aromatic rings. The van der Waals surface area contributed by atoms with E-state index in [9.17, 15) is 0 Å². The Balaban J connectivity index is 1.50. The van der Waals surface area contributed by atoms with E-state index in [2.05, 4.69) is 91.1 Å². The van der Waals surface area contributed by atoms with Crippen LogP contribution in [0.2, 0.25) is 0 Å². The van der Waals surface area contributed by atoms with Gasteiger partial charge in [-0.1, -0.05) is 72.8 Å². The van der Waals surface area contributed by atoms with Crippen LogP contribution >= 0.6 is 0 Å². The third kappa shape index (κ3) is 3.92. The van der Waals surface area contributed by atoms with Gasteiger partial charge in [-0.2, -0.15) is 0 Å². The number of ether oxygens (including phenoxy) is 1. The fraction of sp³-hybridized carbons (Fsp3) is 0.154. The molecule has 0 amide bonds. The van der Waals surface area contributed by atoms with E-state index in [1.54, 1.807) is 7.11 Å². The minimum atomic E-state index is 0.274. The summed E-state index contributed by atoms with van der Waals surface area (Å²) in [6.45, 7) is 3.06. The zero-order valence-electron chi connectivity index (χ0n) is 16.4. The molecule has 0 radical (unpaired) electrons. The molecule has 1 N–H and O–H groups in total. The largest absolute Gasteiger partial charge is 0.497 e. The molecule has 4 rings (SSSR count). The van der Waals surface area contributed by atoms with Crippen molar-refractivity contribution in [1.29, 1.82) is 0 Å². The van der Waals surface area contributed by atoms with E-state index >= 15 is 0 Å². The fourth-order valence-electron chi connectivity index (χ4n) is 3.65. The van der Waals surface area contributed by atoms with Gasteiger partial charge < -0.3 is 10.1 Å². The third-order valence-electron chi connectivity index (χ3n) is 5.25. The maximum Gasteiger partial charge on any atom is 0.118 e. The molecule has 4 aromatic carbocycles. The predicted molar refractivity (Wildman–Crippen MR) is 118 cm³/mol. The number of methoxy groups -OCH3 is 1. The third-order valence-corrected chi connectivity index (χ3v) is 5.25. The molecule has 28 heavy (non-hydrogen) atoms. The molecule has 0 spiro atoms. The summed E-state index contributed by atoms with van der Waals surface area (Å²) < 4.78 is 5.26. The molecular formula is C26H25NO. The van der Waals surface area contributed by atoms with Crippen LogP contribution in [0.25, 0.3) is 21.9 Å². The highest BCUT2D eigenvalue weighted by Crippen LogP contribution is 2.26. The van der Waals surface area contributed by atoms with Gasteiger partial charge in [-0.15, -0.1) is 0 Å². The van der Waals surface area contributed by atoms with Crippen molar-refractivity contribution in [2.45, 2.75) is 19.5 Å². The van der Waals surface area contributed by atoms with Crippen molar-refractivity contribution >= 4 is 10.8 Å². The zero-order valence-corrected chi connectivity index (χ0v) is 16.4. The van der Waals surface area contributed by atoms with Crippen LogP contribution in [-0.4, -0.2) is 7.11 Å². The maximum atomic E-state index is 5.26. The normalized spacial score (nSPS) is 12.1. The lowest BCUT2D eigenvalue weighted by Crippen LogP contribution is -2.18. The number of benzene rings is 4. The Hall–Kier alpha value is -3.10. The Kier molecular flexibility index (Phi) is 5.41. The van der Waals surface area contributed by atoms with Crippen LogP contribution in [0.3, 0.4) is 0 Å². The quantitative estimate of drug-likeness (QED) is 0.428. The lowest BCUT2D eigenvalue weighted by atomic mass is 9.99. The van der Waals surface area contributed by atoms with Crippen LogP contribution in [0.4, 0.5) is 0 Å². The van der Waals surface area contributed by atoms with E-state index in [-0.39, 0.29) is 6.04 Å². The molecule has 2 nitrogen and oxygen atoms in total. The second kappa shape index (κ2) is 8.28. The Labute approximate surface area is 166 Å². The summed E-state index contributed by atoms with van der Waals surface area (Å²) in [7, 11) is 1.69. The van der Waals surface area contributed by atoms with Crippen LogP contribution < -0.4 is 10.1 Å². The molecule has 1 atom stereocenters. The molecule has 140 valence electrons. The van der Waals surface area contributed by atoms with Gasteiger partial charge in [0.2, 0.25) is 0 Å². The number of hydrogen-bond acceptors (Lipinski definition) is 2. The Morgan fingerprint density at radius 2 is 1.54 bits per heavy atom. The smallest absolute Gasteiger partial charge is 0.118 e. The second-order valence-corrected chi connectivity index (χ2v) is 7.10. The van der Waals surface area contributed by atoms with Gasteiger partial charge in [-0.05, 0) is 58.1 Å². The first kappa shape index (κ1) is 18.3. The molecule has 0 aliphatic rings. The molecule has 0 saturated heterocycles. The lowest BCUT2D eigenvalue weighted by molar-refractivity contribution is 0.415. The van der Waals surface area contributed by atoms with Crippen molar-refractivity contribution in [3.8, 4) is 16.9 Å². The van der Waals surface area contributed by atoms with Gasteiger partial charge in [0, 0.05) is 12.6 Å². The van der Waals surface area contributed by atoms with Crippen LogP contribution in [0, 0.1) is 0 Å². The first-order chi connectivity index (χ1) is 13.7. The molecule has 0 bridgehead atoms. The van der Waals surface area contributed by atoms with Crippen molar-refractivity contribution in [3.63, 3.8) is 0 Å². The van der Waals surface area contributed by atoms with Gasteiger partial charge in [0.25, 0.3) is 0 Å². The van der Waals surface area contributed by atoms with Gasteiger partial charge in [-0.25, -0.2) is 0 Å². The molecule has 1 unspecified atom stereocenters. The minimum Gasteiger partial charge on any atom is -0.497 e. The van der Waals surface area contributed by atoms with Crippen LogP contribution in [0.1, 0.15) is 24.1 Å². The number of fused-ring (bicyclic) bond motifs is 1. The first-order valence-corrected chi connectivity index (χ1v) is 9.69. The summed E-state index contributed by atoms with van der Waals surface area (Å²) in [6, 6.07) is 32.3. The van der Waals surface area contributed by atoms with Crippen LogP contribution in [0.15, 0.2) is 91.0 Å². The average molecular weight is 367 g/mol. The second-order valence-electron chi connectivity index (χ2n) is 7.10. The zero-order chi connectivity index (χ0) is 19.3. The summed E-state index contributed by atoms with van der Waals surface area (Å²) in [5.74, 6) is 0.880. The van der Waals surface area contributed by atoms with E-state index in [1.165, 1.54) is 33.0 Å². The molecule has 0 fully saturated rings. The summed E-state index contributed by atoms with van der Waals surface area (Å²) >= 11 is 0. The highest BCUT2D eigenvalue weighted by Gasteiger charge is 2.09. The van der Waals surface area contributed by atoms with Crippen molar-refractivity contribution in [1.82, 2.24) is 5.32 Å². The summed E-state index contributed by atoms with van der Waals surface area (Å²) in [5.41, 5.74) is 5.04. The van der Waals surface area contributed by atoms with E-state index < -0.39 is 0 Å². The number of rotatable bonds is 6. The first-order valence-electron chi connectivity index (χ1n) is 9.69. The Morgan fingerprint density at radius 3 is 2.36 bits per heavy atom. The lowest BCUT2D eigenvalue weighted by Gasteiger charge is -2.17. The standard InChI is InChI=1S/C26H25NO/c1-19(25-12-6-9-22-8-3-4-11-26(22)25)27-18-20-7-5-10-23(17-20)21-13-15-24(28-2)16-14-21/h3-17,19,27H,18H2,1-2H3. The molecule has 2 heteroatoms. The average Bonchev–Trinajstić information content (AvgIpc) is 2.77. The summed E-state index contributed by atoms with van der Waals surface area (Å²) in [6.07, 6.45) is 0. The van der Waals surface area contributed by atoms with E-state index in [1.807, 2.05) is 12.1 Å². The molecule has 0 aliphatic heterocycles. The highest BCUT2D eigenvalue weighted by molar-refractivity contribution is 5.86. The van der Waals surface area contributed by atoms with Gasteiger partial charge in [0.1, 0.15) is 5.75 Å². The monoisotopic (exact) mass is 367 g/mol. The van der Waals surface area contributed by atoms with Gasteiger partial charge in [-0.3, -0.25) is 0 Å². The molecule has 0 heterocycles. The molecule has 0 aliphatic carbocycles. The van der Waals surface area contributed by atoms with E-state index in [0.29, 0.717) is 0 Å². The Morgan fingerprint density at radius 1 is 0.786 bits per heavy atom. The molecule has 0 saturated carbocycles. The van der Waals surface area contributed by atoms with E-state index in [0.717, 1.165) is 12.3 Å². The van der Waals surface area contributed by atoms with Crippen molar-refractivity contribution in [2.75, 3.05) is 7.11 Å². The minimum absolute atomic E-state index is 0.274. The Bertz CT molecular complexity index is 1060. The van der Waals surface area contributed by atoms with Crippen LogP contribution in [0.5, 0.6) is 5.75 Å². The predicted octanol–water partition coefficient (Wildman–Crippen LogP) is 6.37. The number of nitrogens with one attached hydrogen (secondary N) is 1. The van der Waals surface area contributed by atoms with Crippen molar-refractivity contribution < 1.29 is 4.74 Å². The van der Waals surface area contributed by atoms with Gasteiger partial charge in [0.05, 0.1) is 7.11 Å². The number of hydrogen-bond donors (Lipinski definition) is 1. The fourth-order valence-corrected chi connectivity index (χ4v) is 3.65. The molecule has 0 aromatic heterocycles. The van der Waals surface area contributed by atoms with E-state index in [4.69, 9.17) is 4.74 Å². The van der Waals surface area contributed by atoms with Crippen LogP contribution in [-0.2, 0) is 6.54 Å². The maximum absolute atomic E-state index is 5.26. The van der Waals surface area contributed by atoms with Gasteiger partial charge >= 0.3 is 0 Å². The summed E-state index contributed by atoms with van der Waals surface area (Å²) in [5, 5.41) is 6.29. The van der Waals surface area contributed by atoms with Crippen molar-refractivity contribution in [2.24, 2.45) is 0 Å². The van der Waals surface area contributed by atoms with Crippen molar-refractivity contribution in [3.05, 3.63) is 102 Å². The highest BCUT2D eigenvalue weighted by atomic mass is 16.5.